The van der Waals surface area contributed by atoms with Gasteiger partial charge in [0.15, 0.2) is 0 Å². The molecule has 0 aliphatic rings. The van der Waals surface area contributed by atoms with E-state index in [0.717, 1.165) is 5.56 Å². The lowest BCUT2D eigenvalue weighted by atomic mass is 10.1. The van der Waals surface area contributed by atoms with Gasteiger partial charge in [0.25, 0.3) is 0 Å². The molecule has 0 aromatic heterocycles. The zero-order valence-electron chi connectivity index (χ0n) is 12.4. The number of hydrogen-bond donors (Lipinski definition) is 1. The summed E-state index contributed by atoms with van der Waals surface area (Å²) in [4.78, 5) is 11.4. The summed E-state index contributed by atoms with van der Waals surface area (Å²) in [5, 5.41) is 1.15. The second-order valence-electron chi connectivity index (χ2n) is 4.69. The Morgan fingerprint density at radius 2 is 1.91 bits per heavy atom. The standard InChI is InChI=1S/C17H15Cl2NO3/c1-22-17(21)15(20)8-12-5-6-14(19)9-16(12)23-10-11-3-2-4-13(18)7-11/h2-9H,10,20H2,1H3/b15-8-. The summed E-state index contributed by atoms with van der Waals surface area (Å²) >= 11 is 12.0. The fraction of sp³-hybridized carbons (Fsp3) is 0.118. The van der Waals surface area contributed by atoms with Crippen molar-refractivity contribution in [2.75, 3.05) is 7.11 Å². The summed E-state index contributed by atoms with van der Waals surface area (Å²) in [5.74, 6) is -0.106. The largest absolute Gasteiger partial charge is 0.488 e. The topological polar surface area (TPSA) is 61.5 Å². The first-order chi connectivity index (χ1) is 11.0. The molecule has 2 aromatic rings. The maximum atomic E-state index is 11.4. The van der Waals surface area contributed by atoms with E-state index < -0.39 is 5.97 Å². The maximum Gasteiger partial charge on any atom is 0.353 e. The summed E-state index contributed by atoms with van der Waals surface area (Å²) < 4.78 is 10.4. The van der Waals surface area contributed by atoms with E-state index in [4.69, 9.17) is 33.7 Å². The molecule has 4 nitrogen and oxygen atoms in total. The van der Waals surface area contributed by atoms with Crippen molar-refractivity contribution < 1.29 is 14.3 Å². The van der Waals surface area contributed by atoms with Gasteiger partial charge in [-0.15, -0.1) is 0 Å². The number of halogens is 2. The number of ether oxygens (including phenoxy) is 2. The van der Waals surface area contributed by atoms with Crippen LogP contribution in [0.4, 0.5) is 0 Å². The monoisotopic (exact) mass is 351 g/mol. The first kappa shape index (κ1) is 17.2. The van der Waals surface area contributed by atoms with E-state index in [-0.39, 0.29) is 5.70 Å². The molecule has 0 saturated carbocycles. The van der Waals surface area contributed by atoms with Gasteiger partial charge in [-0.1, -0.05) is 35.3 Å². The molecule has 6 heteroatoms. The van der Waals surface area contributed by atoms with E-state index >= 15 is 0 Å². The van der Waals surface area contributed by atoms with Crippen LogP contribution in [0, 0.1) is 0 Å². The highest BCUT2D eigenvalue weighted by atomic mass is 35.5. The van der Waals surface area contributed by atoms with Crippen molar-refractivity contribution in [2.24, 2.45) is 5.73 Å². The molecule has 0 bridgehead atoms. The zero-order chi connectivity index (χ0) is 16.8. The Morgan fingerprint density at radius 3 is 2.61 bits per heavy atom. The van der Waals surface area contributed by atoms with Crippen LogP contribution in [-0.2, 0) is 16.1 Å². The van der Waals surface area contributed by atoms with Gasteiger partial charge in [0.1, 0.15) is 18.1 Å². The molecule has 0 radical (unpaired) electrons. The Balaban J connectivity index is 2.23. The Morgan fingerprint density at radius 1 is 1.17 bits per heavy atom. The SMILES string of the molecule is COC(=O)/C(N)=C/c1ccc(Cl)cc1OCc1cccc(Cl)c1. The van der Waals surface area contributed by atoms with Crippen molar-refractivity contribution in [3.05, 3.63) is 69.3 Å². The molecular formula is C17H15Cl2NO3. The Bertz CT molecular complexity index is 744. The number of hydrogen-bond acceptors (Lipinski definition) is 4. The zero-order valence-corrected chi connectivity index (χ0v) is 13.9. The molecular weight excluding hydrogens is 337 g/mol. The molecule has 0 aliphatic heterocycles. The Hall–Kier alpha value is -2.17. The molecule has 0 amide bonds. The average molecular weight is 352 g/mol. The van der Waals surface area contributed by atoms with Crippen molar-refractivity contribution in [1.82, 2.24) is 0 Å². The van der Waals surface area contributed by atoms with Gasteiger partial charge in [-0.25, -0.2) is 4.79 Å². The third kappa shape index (κ3) is 4.91. The van der Waals surface area contributed by atoms with E-state index in [1.165, 1.54) is 13.2 Å². The molecule has 2 aromatic carbocycles. The van der Waals surface area contributed by atoms with E-state index in [9.17, 15) is 4.79 Å². The minimum atomic E-state index is -0.610. The predicted octanol–water partition coefficient (Wildman–Crippen LogP) is 4.05. The number of carbonyl (C=O) groups is 1. The Labute approximate surface area is 144 Å². The second-order valence-corrected chi connectivity index (χ2v) is 5.56. The van der Waals surface area contributed by atoms with Gasteiger partial charge in [-0.3, -0.25) is 0 Å². The summed E-state index contributed by atoms with van der Waals surface area (Å²) in [6.07, 6.45) is 1.48. The van der Waals surface area contributed by atoms with Crippen molar-refractivity contribution in [3.8, 4) is 5.75 Å². The van der Waals surface area contributed by atoms with Gasteiger partial charge in [0, 0.05) is 15.6 Å². The van der Waals surface area contributed by atoms with Crippen LogP contribution in [0.5, 0.6) is 5.75 Å². The number of carbonyl (C=O) groups excluding carboxylic acids is 1. The highest BCUT2D eigenvalue weighted by molar-refractivity contribution is 6.31. The van der Waals surface area contributed by atoms with Gasteiger partial charge in [-0.2, -0.15) is 0 Å². The summed E-state index contributed by atoms with van der Waals surface area (Å²) in [5.41, 5.74) is 7.18. The van der Waals surface area contributed by atoms with Gasteiger partial charge >= 0.3 is 5.97 Å². The third-order valence-electron chi connectivity index (χ3n) is 2.99. The molecule has 2 N–H and O–H groups in total. The number of rotatable bonds is 5. The number of benzene rings is 2. The fourth-order valence-electron chi connectivity index (χ4n) is 1.88. The highest BCUT2D eigenvalue weighted by Crippen LogP contribution is 2.26. The first-order valence-electron chi connectivity index (χ1n) is 6.72. The fourth-order valence-corrected chi connectivity index (χ4v) is 2.26. The van der Waals surface area contributed by atoms with E-state index in [1.807, 2.05) is 18.2 Å². The molecule has 120 valence electrons. The Kier molecular flexibility index (Phi) is 5.90. The summed E-state index contributed by atoms with van der Waals surface area (Å²) in [6.45, 7) is 0.305. The molecule has 23 heavy (non-hydrogen) atoms. The minimum Gasteiger partial charge on any atom is -0.488 e. The second kappa shape index (κ2) is 7.90. The van der Waals surface area contributed by atoms with Crippen LogP contribution < -0.4 is 10.5 Å². The van der Waals surface area contributed by atoms with Crippen LogP contribution in [-0.4, -0.2) is 13.1 Å². The van der Waals surface area contributed by atoms with Crippen LogP contribution >= 0.6 is 23.2 Å². The lowest BCUT2D eigenvalue weighted by molar-refractivity contribution is -0.136. The van der Waals surface area contributed by atoms with Crippen LogP contribution in [0.25, 0.3) is 6.08 Å². The van der Waals surface area contributed by atoms with Crippen LogP contribution in [0.3, 0.4) is 0 Å². The van der Waals surface area contributed by atoms with Crippen molar-refractivity contribution in [3.63, 3.8) is 0 Å². The molecule has 0 heterocycles. The molecule has 0 fully saturated rings. The van der Waals surface area contributed by atoms with Gasteiger partial charge < -0.3 is 15.2 Å². The van der Waals surface area contributed by atoms with Crippen LogP contribution in [0.1, 0.15) is 11.1 Å². The average Bonchev–Trinajstić information content (AvgIpc) is 2.54. The van der Waals surface area contributed by atoms with E-state index in [2.05, 4.69) is 4.74 Å². The number of methoxy groups -OCH3 is 1. The van der Waals surface area contributed by atoms with Gasteiger partial charge in [0.05, 0.1) is 7.11 Å². The van der Waals surface area contributed by atoms with E-state index in [0.29, 0.717) is 28.0 Å². The smallest absolute Gasteiger partial charge is 0.353 e. The number of nitrogens with two attached hydrogens (primary N) is 1. The molecule has 0 spiro atoms. The number of esters is 1. The van der Waals surface area contributed by atoms with Crippen molar-refractivity contribution in [2.45, 2.75) is 6.61 Å². The highest BCUT2D eigenvalue weighted by Gasteiger charge is 2.09. The molecule has 0 saturated heterocycles. The third-order valence-corrected chi connectivity index (χ3v) is 3.46. The molecule has 0 atom stereocenters. The van der Waals surface area contributed by atoms with Crippen molar-refractivity contribution >= 4 is 35.2 Å². The molecule has 0 unspecified atom stereocenters. The van der Waals surface area contributed by atoms with Crippen LogP contribution in [0.15, 0.2) is 48.2 Å². The molecule has 2 rings (SSSR count). The lowest BCUT2D eigenvalue weighted by Crippen LogP contribution is -2.12. The normalized spacial score (nSPS) is 11.2. The maximum absolute atomic E-state index is 11.4. The van der Waals surface area contributed by atoms with Gasteiger partial charge in [-0.05, 0) is 42.0 Å². The minimum absolute atomic E-state index is 0.0255. The first-order valence-corrected chi connectivity index (χ1v) is 7.47. The summed E-state index contributed by atoms with van der Waals surface area (Å²) in [7, 11) is 1.27. The molecule has 0 aliphatic carbocycles. The lowest BCUT2D eigenvalue weighted by Gasteiger charge is -2.11. The predicted molar refractivity (Wildman–Crippen MR) is 91.4 cm³/mol. The van der Waals surface area contributed by atoms with Gasteiger partial charge in [0.2, 0.25) is 0 Å². The van der Waals surface area contributed by atoms with E-state index in [1.54, 1.807) is 24.3 Å². The van der Waals surface area contributed by atoms with Crippen LogP contribution in [0.2, 0.25) is 10.0 Å². The van der Waals surface area contributed by atoms with Crippen molar-refractivity contribution in [1.29, 1.82) is 0 Å². The summed E-state index contributed by atoms with van der Waals surface area (Å²) in [6, 6.07) is 12.4. The quantitative estimate of drug-likeness (QED) is 0.652.